The zero-order valence-electron chi connectivity index (χ0n) is 19.0. The van der Waals surface area contributed by atoms with Gasteiger partial charge in [-0.3, -0.25) is 9.59 Å². The Bertz CT molecular complexity index is 1170. The van der Waals surface area contributed by atoms with Crippen LogP contribution in [0.25, 0.3) is 10.9 Å². The summed E-state index contributed by atoms with van der Waals surface area (Å²) in [6.45, 7) is 8.99. The summed E-state index contributed by atoms with van der Waals surface area (Å²) in [6, 6.07) is 16.7. The van der Waals surface area contributed by atoms with E-state index in [1.54, 1.807) is 18.2 Å². The van der Waals surface area contributed by atoms with Crippen LogP contribution in [0.3, 0.4) is 0 Å². The van der Waals surface area contributed by atoms with Crippen molar-refractivity contribution in [2.45, 2.75) is 34.1 Å². The van der Waals surface area contributed by atoms with Gasteiger partial charge in [-0.25, -0.2) is 4.98 Å². The molecule has 0 saturated carbocycles. The van der Waals surface area contributed by atoms with Gasteiger partial charge in [0.25, 0.3) is 5.91 Å². The van der Waals surface area contributed by atoms with Gasteiger partial charge in [-0.1, -0.05) is 38.1 Å². The average molecular weight is 432 g/mol. The standard InChI is InChI=1S/C26H29N3O3/c1-17(2)13-14-29-22-12-10-19(15-23(22)32-16-26(3,4)25(29)31)27-24(30)21-11-9-18-7-5-6-8-20(18)28-21/h5-12,15,17H,13-14,16H2,1-4H3,(H,27,30). The highest BCUT2D eigenvalue weighted by atomic mass is 16.5. The van der Waals surface area contributed by atoms with Gasteiger partial charge in [0, 0.05) is 23.7 Å². The molecule has 6 nitrogen and oxygen atoms in total. The number of fused-ring (bicyclic) bond motifs is 2. The number of pyridine rings is 1. The summed E-state index contributed by atoms with van der Waals surface area (Å²) in [4.78, 5) is 32.3. The molecule has 0 bridgehead atoms. The molecule has 1 aromatic heterocycles. The van der Waals surface area contributed by atoms with Crippen molar-refractivity contribution < 1.29 is 14.3 Å². The van der Waals surface area contributed by atoms with E-state index in [0.717, 1.165) is 23.0 Å². The highest BCUT2D eigenvalue weighted by Gasteiger charge is 2.37. The molecule has 4 rings (SSSR count). The molecule has 2 amide bonds. The normalized spacial score (nSPS) is 15.3. The zero-order chi connectivity index (χ0) is 22.9. The second kappa shape index (κ2) is 8.61. The molecule has 0 spiro atoms. The third-order valence-electron chi connectivity index (χ3n) is 5.68. The first-order valence-electron chi connectivity index (χ1n) is 11.0. The second-order valence-electron chi connectivity index (χ2n) is 9.34. The number of aromatic nitrogens is 1. The van der Waals surface area contributed by atoms with Gasteiger partial charge in [0.1, 0.15) is 18.1 Å². The van der Waals surface area contributed by atoms with Crippen LogP contribution in [0, 0.1) is 11.3 Å². The minimum absolute atomic E-state index is 0.0500. The predicted octanol–water partition coefficient (Wildman–Crippen LogP) is 5.28. The molecule has 2 aromatic carbocycles. The van der Waals surface area contributed by atoms with Crippen LogP contribution in [0.4, 0.5) is 11.4 Å². The largest absolute Gasteiger partial charge is 0.490 e. The zero-order valence-corrected chi connectivity index (χ0v) is 19.0. The molecule has 1 aliphatic rings. The van der Waals surface area contributed by atoms with Crippen molar-refractivity contribution in [3.8, 4) is 5.75 Å². The fourth-order valence-electron chi connectivity index (χ4n) is 3.72. The van der Waals surface area contributed by atoms with Crippen LogP contribution in [-0.4, -0.2) is 29.9 Å². The Kier molecular flexibility index (Phi) is 5.87. The van der Waals surface area contributed by atoms with Crippen molar-refractivity contribution in [2.24, 2.45) is 11.3 Å². The van der Waals surface area contributed by atoms with Gasteiger partial charge in [-0.05, 0) is 50.5 Å². The number of rotatable bonds is 5. The summed E-state index contributed by atoms with van der Waals surface area (Å²) in [7, 11) is 0. The van der Waals surface area contributed by atoms with Crippen LogP contribution < -0.4 is 15.0 Å². The van der Waals surface area contributed by atoms with E-state index in [2.05, 4.69) is 24.1 Å². The molecule has 0 aliphatic carbocycles. The second-order valence-corrected chi connectivity index (χ2v) is 9.34. The minimum atomic E-state index is -0.631. The van der Waals surface area contributed by atoms with Gasteiger partial charge in [0.2, 0.25) is 5.91 Å². The maximum atomic E-state index is 13.2. The van der Waals surface area contributed by atoms with E-state index >= 15 is 0 Å². The van der Waals surface area contributed by atoms with Crippen LogP contribution in [0.2, 0.25) is 0 Å². The number of carbonyl (C=O) groups is 2. The molecule has 32 heavy (non-hydrogen) atoms. The number of hydrogen-bond acceptors (Lipinski definition) is 4. The van der Waals surface area contributed by atoms with Crippen molar-refractivity contribution in [1.82, 2.24) is 4.98 Å². The summed E-state index contributed by atoms with van der Waals surface area (Å²) in [5, 5.41) is 3.89. The number of hydrogen-bond donors (Lipinski definition) is 1. The molecule has 0 fully saturated rings. The van der Waals surface area contributed by atoms with Gasteiger partial charge in [-0.15, -0.1) is 0 Å². The first kappa shape index (κ1) is 21.8. The third kappa shape index (κ3) is 4.44. The van der Waals surface area contributed by atoms with Crippen LogP contribution in [-0.2, 0) is 4.79 Å². The first-order valence-corrected chi connectivity index (χ1v) is 11.0. The third-order valence-corrected chi connectivity index (χ3v) is 5.68. The number of benzene rings is 2. The molecule has 3 aromatic rings. The lowest BCUT2D eigenvalue weighted by atomic mass is 9.92. The van der Waals surface area contributed by atoms with Gasteiger partial charge in [0.05, 0.1) is 16.6 Å². The van der Waals surface area contributed by atoms with E-state index in [1.165, 1.54) is 0 Å². The highest BCUT2D eigenvalue weighted by Crippen LogP contribution is 2.38. The lowest BCUT2D eigenvalue weighted by molar-refractivity contribution is -0.127. The number of anilines is 2. The Morgan fingerprint density at radius 1 is 1.16 bits per heavy atom. The van der Waals surface area contributed by atoms with E-state index in [9.17, 15) is 9.59 Å². The number of ether oxygens (including phenoxy) is 1. The van der Waals surface area contributed by atoms with Crippen LogP contribution in [0.5, 0.6) is 5.75 Å². The average Bonchev–Trinajstić information content (AvgIpc) is 2.86. The molecular formula is C26H29N3O3. The Morgan fingerprint density at radius 3 is 2.72 bits per heavy atom. The lowest BCUT2D eigenvalue weighted by Crippen LogP contribution is -2.42. The molecule has 0 unspecified atom stereocenters. The number of nitrogens with zero attached hydrogens (tertiary/aromatic N) is 2. The molecule has 1 aliphatic heterocycles. The summed E-state index contributed by atoms with van der Waals surface area (Å²) >= 11 is 0. The quantitative estimate of drug-likeness (QED) is 0.596. The Morgan fingerprint density at radius 2 is 1.94 bits per heavy atom. The Hall–Kier alpha value is -3.41. The number of nitrogens with one attached hydrogen (secondary N) is 1. The van der Waals surface area contributed by atoms with E-state index in [4.69, 9.17) is 4.74 Å². The molecule has 166 valence electrons. The van der Waals surface area contributed by atoms with Crippen LogP contribution in [0.1, 0.15) is 44.6 Å². The molecule has 6 heteroatoms. The van der Waals surface area contributed by atoms with Gasteiger partial charge in [-0.2, -0.15) is 0 Å². The van der Waals surface area contributed by atoms with E-state index in [1.807, 2.05) is 55.1 Å². The molecule has 1 N–H and O–H groups in total. The number of amides is 2. The van der Waals surface area contributed by atoms with Gasteiger partial charge < -0.3 is 15.0 Å². The van der Waals surface area contributed by atoms with Gasteiger partial charge >= 0.3 is 0 Å². The van der Waals surface area contributed by atoms with Gasteiger partial charge in [0.15, 0.2) is 0 Å². The maximum Gasteiger partial charge on any atom is 0.274 e. The fourth-order valence-corrected chi connectivity index (χ4v) is 3.72. The van der Waals surface area contributed by atoms with E-state index in [-0.39, 0.29) is 18.4 Å². The van der Waals surface area contributed by atoms with Crippen molar-refractivity contribution in [3.05, 3.63) is 60.3 Å². The summed E-state index contributed by atoms with van der Waals surface area (Å²) in [5.41, 5.74) is 1.82. The topological polar surface area (TPSA) is 71.5 Å². The highest BCUT2D eigenvalue weighted by molar-refractivity contribution is 6.05. The number of para-hydroxylation sites is 1. The van der Waals surface area contributed by atoms with E-state index < -0.39 is 5.41 Å². The number of carbonyl (C=O) groups excluding carboxylic acids is 2. The molecule has 0 atom stereocenters. The molecule has 0 radical (unpaired) electrons. The van der Waals surface area contributed by atoms with E-state index in [0.29, 0.717) is 29.6 Å². The maximum absolute atomic E-state index is 13.2. The SMILES string of the molecule is CC(C)CCN1C(=O)C(C)(C)COc2cc(NC(=O)c3ccc4ccccc4n3)ccc21. The predicted molar refractivity (Wildman–Crippen MR) is 127 cm³/mol. The van der Waals surface area contributed by atoms with Crippen molar-refractivity contribution >= 4 is 34.1 Å². The molecule has 2 heterocycles. The molecular weight excluding hydrogens is 402 g/mol. The lowest BCUT2D eigenvalue weighted by Gasteiger charge is -2.28. The smallest absolute Gasteiger partial charge is 0.274 e. The van der Waals surface area contributed by atoms with Crippen molar-refractivity contribution in [3.63, 3.8) is 0 Å². The monoisotopic (exact) mass is 431 g/mol. The Balaban J connectivity index is 1.60. The van der Waals surface area contributed by atoms with Crippen LogP contribution in [0.15, 0.2) is 54.6 Å². The molecule has 0 saturated heterocycles. The minimum Gasteiger partial charge on any atom is -0.490 e. The Labute approximate surface area is 188 Å². The van der Waals surface area contributed by atoms with Crippen molar-refractivity contribution in [1.29, 1.82) is 0 Å². The fraction of sp³-hybridized carbons (Fsp3) is 0.346. The van der Waals surface area contributed by atoms with Crippen LogP contribution >= 0.6 is 0 Å². The first-order chi connectivity index (χ1) is 15.2. The van der Waals surface area contributed by atoms with Crippen molar-refractivity contribution in [2.75, 3.05) is 23.4 Å². The summed E-state index contributed by atoms with van der Waals surface area (Å²) < 4.78 is 6.03. The summed E-state index contributed by atoms with van der Waals surface area (Å²) in [6.07, 6.45) is 0.896. The summed E-state index contributed by atoms with van der Waals surface area (Å²) in [5.74, 6) is 0.829.